The van der Waals surface area contributed by atoms with Crippen LogP contribution in [0.4, 0.5) is 5.82 Å². The van der Waals surface area contributed by atoms with Crippen molar-refractivity contribution in [1.82, 2.24) is 9.97 Å². The van der Waals surface area contributed by atoms with E-state index >= 15 is 0 Å². The molecule has 0 bridgehead atoms. The second-order valence-corrected chi connectivity index (χ2v) is 3.90. The van der Waals surface area contributed by atoms with Crippen LogP contribution in [0.2, 0.25) is 0 Å². The van der Waals surface area contributed by atoms with Crippen molar-refractivity contribution in [2.24, 2.45) is 0 Å². The van der Waals surface area contributed by atoms with E-state index in [0.29, 0.717) is 5.69 Å². The molecule has 2 heterocycles. The summed E-state index contributed by atoms with van der Waals surface area (Å²) < 4.78 is 0. The Morgan fingerprint density at radius 3 is 3.12 bits per heavy atom. The molecule has 0 aliphatic carbocycles. The average molecular weight is 230 g/mol. The second kappa shape index (κ2) is 5.24. The van der Waals surface area contributed by atoms with Crippen molar-refractivity contribution >= 4 is 17.2 Å². The summed E-state index contributed by atoms with van der Waals surface area (Å²) in [4.78, 5) is 8.31. The summed E-state index contributed by atoms with van der Waals surface area (Å²) in [5.41, 5.74) is 3.33. The molecule has 0 atom stereocenters. The molecular weight excluding hydrogens is 220 g/mol. The molecule has 0 spiro atoms. The van der Waals surface area contributed by atoms with Gasteiger partial charge in [-0.3, -0.25) is 0 Å². The minimum absolute atomic E-state index is 0.429. The quantitative estimate of drug-likeness (QED) is 0.873. The summed E-state index contributed by atoms with van der Waals surface area (Å²) in [6.07, 6.45) is 0.863. The molecule has 0 saturated heterocycles. The highest BCUT2D eigenvalue weighted by Crippen LogP contribution is 2.05. The second-order valence-electron chi connectivity index (χ2n) is 3.18. The summed E-state index contributed by atoms with van der Waals surface area (Å²) in [5.74, 6) is 0.731. The Morgan fingerprint density at radius 2 is 2.38 bits per heavy atom. The van der Waals surface area contributed by atoms with Crippen molar-refractivity contribution in [3.05, 3.63) is 40.5 Å². The van der Waals surface area contributed by atoms with Gasteiger partial charge >= 0.3 is 0 Å². The number of hydrogen-bond acceptors (Lipinski definition) is 5. The zero-order valence-corrected chi connectivity index (χ0v) is 9.37. The molecular formula is C11H10N4S. The molecule has 0 unspecified atom stereocenters. The zero-order valence-electron chi connectivity index (χ0n) is 8.55. The highest BCUT2D eigenvalue weighted by Gasteiger charge is 1.97. The van der Waals surface area contributed by atoms with Gasteiger partial charge in [0.25, 0.3) is 0 Å². The van der Waals surface area contributed by atoms with Gasteiger partial charge in [0, 0.05) is 18.3 Å². The molecule has 5 heteroatoms. The number of nitriles is 1. The Morgan fingerprint density at radius 1 is 1.44 bits per heavy atom. The van der Waals surface area contributed by atoms with Crippen molar-refractivity contribution in [3.63, 3.8) is 0 Å². The monoisotopic (exact) mass is 230 g/mol. The molecule has 0 amide bonds. The largest absolute Gasteiger partial charge is 0.370 e. The lowest BCUT2D eigenvalue weighted by Crippen LogP contribution is -2.06. The predicted octanol–water partition coefficient (Wildman–Crippen LogP) is 2.06. The van der Waals surface area contributed by atoms with Crippen molar-refractivity contribution < 1.29 is 0 Å². The highest BCUT2D eigenvalue weighted by molar-refractivity contribution is 7.07. The maximum Gasteiger partial charge on any atom is 0.142 e. The minimum atomic E-state index is 0.429. The Kier molecular flexibility index (Phi) is 3.46. The third-order valence-corrected chi connectivity index (χ3v) is 2.67. The lowest BCUT2D eigenvalue weighted by Gasteiger charge is -2.03. The van der Waals surface area contributed by atoms with E-state index in [0.717, 1.165) is 24.5 Å². The SMILES string of the molecule is N#Cc1cccc(NCCc2cscn2)n1. The summed E-state index contributed by atoms with van der Waals surface area (Å²) in [5, 5.41) is 13.9. The smallest absolute Gasteiger partial charge is 0.142 e. The third-order valence-electron chi connectivity index (χ3n) is 2.03. The van der Waals surface area contributed by atoms with Crippen LogP contribution in [-0.2, 0) is 6.42 Å². The van der Waals surface area contributed by atoms with Crippen LogP contribution >= 0.6 is 11.3 Å². The van der Waals surface area contributed by atoms with Gasteiger partial charge in [0.1, 0.15) is 17.6 Å². The molecule has 0 aliphatic rings. The van der Waals surface area contributed by atoms with Crippen molar-refractivity contribution in [3.8, 4) is 6.07 Å². The zero-order chi connectivity index (χ0) is 11.2. The van der Waals surface area contributed by atoms with Gasteiger partial charge < -0.3 is 5.32 Å². The van der Waals surface area contributed by atoms with E-state index in [-0.39, 0.29) is 0 Å². The average Bonchev–Trinajstić information content (AvgIpc) is 2.82. The fourth-order valence-electron chi connectivity index (χ4n) is 1.28. The van der Waals surface area contributed by atoms with Gasteiger partial charge in [-0.25, -0.2) is 9.97 Å². The minimum Gasteiger partial charge on any atom is -0.370 e. The van der Waals surface area contributed by atoms with Crippen LogP contribution in [-0.4, -0.2) is 16.5 Å². The molecule has 1 N–H and O–H groups in total. The van der Waals surface area contributed by atoms with Gasteiger partial charge in [0.15, 0.2) is 0 Å². The van der Waals surface area contributed by atoms with Gasteiger partial charge in [0.05, 0.1) is 11.2 Å². The first-order valence-electron chi connectivity index (χ1n) is 4.86. The lowest BCUT2D eigenvalue weighted by atomic mass is 10.3. The summed E-state index contributed by atoms with van der Waals surface area (Å²) in [7, 11) is 0. The van der Waals surface area contributed by atoms with E-state index in [9.17, 15) is 0 Å². The molecule has 2 aromatic heterocycles. The molecule has 0 radical (unpaired) electrons. The van der Waals surface area contributed by atoms with Crippen LogP contribution in [0.1, 0.15) is 11.4 Å². The van der Waals surface area contributed by atoms with E-state index in [1.807, 2.05) is 29.1 Å². The highest BCUT2D eigenvalue weighted by atomic mass is 32.1. The first-order chi connectivity index (χ1) is 7.88. The van der Waals surface area contributed by atoms with Gasteiger partial charge in [-0.15, -0.1) is 11.3 Å². The first kappa shape index (κ1) is 10.6. The van der Waals surface area contributed by atoms with Gasteiger partial charge in [-0.1, -0.05) is 6.07 Å². The Labute approximate surface area is 97.6 Å². The van der Waals surface area contributed by atoms with Crippen molar-refractivity contribution in [2.75, 3.05) is 11.9 Å². The van der Waals surface area contributed by atoms with Crippen molar-refractivity contribution in [1.29, 1.82) is 5.26 Å². The van der Waals surface area contributed by atoms with E-state index in [2.05, 4.69) is 15.3 Å². The fourth-order valence-corrected chi connectivity index (χ4v) is 1.87. The number of hydrogen-bond donors (Lipinski definition) is 1. The van der Waals surface area contributed by atoms with E-state index in [4.69, 9.17) is 5.26 Å². The molecule has 0 aromatic carbocycles. The van der Waals surface area contributed by atoms with Crippen LogP contribution in [0.3, 0.4) is 0 Å². The molecule has 16 heavy (non-hydrogen) atoms. The molecule has 0 aliphatic heterocycles. The number of thiazole rings is 1. The molecule has 0 fully saturated rings. The van der Waals surface area contributed by atoms with Gasteiger partial charge in [0.2, 0.25) is 0 Å². The lowest BCUT2D eigenvalue weighted by molar-refractivity contribution is 0.967. The standard InChI is InChI=1S/C11H10N4S/c12-6-9-2-1-3-11(15-9)13-5-4-10-7-16-8-14-10/h1-3,7-8H,4-5H2,(H,13,15). The Hall–Kier alpha value is -1.93. The summed E-state index contributed by atoms with van der Waals surface area (Å²) in [6, 6.07) is 7.36. The maximum absolute atomic E-state index is 8.69. The first-order valence-corrected chi connectivity index (χ1v) is 5.81. The molecule has 0 saturated carbocycles. The van der Waals surface area contributed by atoms with E-state index in [1.54, 1.807) is 17.4 Å². The third kappa shape index (κ3) is 2.78. The summed E-state index contributed by atoms with van der Waals surface area (Å²) >= 11 is 1.59. The Balaban J connectivity index is 1.88. The number of pyridine rings is 1. The molecule has 80 valence electrons. The van der Waals surface area contributed by atoms with E-state index in [1.165, 1.54) is 0 Å². The van der Waals surface area contributed by atoms with Crippen LogP contribution in [0.15, 0.2) is 29.1 Å². The van der Waals surface area contributed by atoms with Gasteiger partial charge in [-0.05, 0) is 12.1 Å². The number of anilines is 1. The van der Waals surface area contributed by atoms with Crippen LogP contribution in [0.25, 0.3) is 0 Å². The maximum atomic E-state index is 8.69. The molecule has 2 aromatic rings. The molecule has 4 nitrogen and oxygen atoms in total. The number of nitrogens with one attached hydrogen (secondary N) is 1. The fraction of sp³-hybridized carbons (Fsp3) is 0.182. The molecule has 2 rings (SSSR count). The van der Waals surface area contributed by atoms with Crippen LogP contribution < -0.4 is 5.32 Å². The number of nitrogens with zero attached hydrogens (tertiary/aromatic N) is 3. The normalized spacial score (nSPS) is 9.69. The van der Waals surface area contributed by atoms with Crippen molar-refractivity contribution in [2.45, 2.75) is 6.42 Å². The number of rotatable bonds is 4. The topological polar surface area (TPSA) is 61.6 Å². The summed E-state index contributed by atoms with van der Waals surface area (Å²) in [6.45, 7) is 0.769. The van der Waals surface area contributed by atoms with Gasteiger partial charge in [-0.2, -0.15) is 5.26 Å². The van der Waals surface area contributed by atoms with Crippen LogP contribution in [0, 0.1) is 11.3 Å². The van der Waals surface area contributed by atoms with Crippen LogP contribution in [0.5, 0.6) is 0 Å². The number of aromatic nitrogens is 2. The Bertz CT molecular complexity index is 487. The predicted molar refractivity (Wildman–Crippen MR) is 63.3 cm³/mol. The van der Waals surface area contributed by atoms with E-state index < -0.39 is 0 Å².